The summed E-state index contributed by atoms with van der Waals surface area (Å²) < 4.78 is 9.55. The van der Waals surface area contributed by atoms with Crippen molar-refractivity contribution in [2.75, 3.05) is 13.7 Å². The van der Waals surface area contributed by atoms with Crippen molar-refractivity contribution in [2.24, 2.45) is 16.1 Å². The number of carbonyl (C=O) groups excluding carboxylic acids is 3. The van der Waals surface area contributed by atoms with E-state index in [0.29, 0.717) is 17.7 Å². The number of methoxy groups -OCH3 is 1. The Kier molecular flexibility index (Phi) is 9.50. The van der Waals surface area contributed by atoms with E-state index in [-0.39, 0.29) is 24.0 Å². The zero-order chi connectivity index (χ0) is 22.0. The first-order valence-electron chi connectivity index (χ1n) is 9.22. The van der Waals surface area contributed by atoms with Crippen LogP contribution in [-0.4, -0.2) is 42.7 Å². The standard InChI is InChI=1S/C20H27N3O6/c1-6-12(3)16(19(26)28-5)21-18(25)14-8-10-15(11-9-14)22-23-17(13(4)24)20(27)29-7-2/h8-12,16,24H,6-7H2,1-5H3,(H,21,25)/b17-13+,23-22?. The molecule has 158 valence electrons. The number of hydrogen-bond acceptors (Lipinski definition) is 8. The van der Waals surface area contributed by atoms with E-state index < -0.39 is 23.9 Å². The maximum absolute atomic E-state index is 12.4. The van der Waals surface area contributed by atoms with E-state index in [1.54, 1.807) is 6.92 Å². The van der Waals surface area contributed by atoms with Gasteiger partial charge in [0.1, 0.15) is 11.8 Å². The van der Waals surface area contributed by atoms with Crippen LogP contribution in [0.5, 0.6) is 0 Å². The number of rotatable bonds is 9. The minimum absolute atomic E-state index is 0.0886. The Bertz CT molecular complexity index is 782. The van der Waals surface area contributed by atoms with E-state index in [1.807, 2.05) is 13.8 Å². The molecule has 2 atom stereocenters. The molecular weight excluding hydrogens is 378 g/mol. The fraction of sp³-hybridized carbons (Fsp3) is 0.450. The molecule has 0 bridgehead atoms. The lowest BCUT2D eigenvalue weighted by Crippen LogP contribution is -2.45. The summed E-state index contributed by atoms with van der Waals surface area (Å²) in [5, 5.41) is 19.8. The first kappa shape index (κ1) is 23.8. The van der Waals surface area contributed by atoms with Crippen LogP contribution in [0.2, 0.25) is 0 Å². The molecule has 0 fully saturated rings. The molecule has 1 aromatic carbocycles. The van der Waals surface area contributed by atoms with Gasteiger partial charge in [0.25, 0.3) is 5.91 Å². The second kappa shape index (κ2) is 11.6. The van der Waals surface area contributed by atoms with Crippen molar-refractivity contribution in [2.45, 2.75) is 40.2 Å². The molecule has 9 heteroatoms. The number of benzene rings is 1. The van der Waals surface area contributed by atoms with Gasteiger partial charge in [-0.05, 0) is 44.0 Å². The number of azo groups is 1. The maximum Gasteiger partial charge on any atom is 0.362 e. The highest BCUT2D eigenvalue weighted by Crippen LogP contribution is 2.17. The Hall–Kier alpha value is -3.23. The number of allylic oxidation sites excluding steroid dienone is 1. The average Bonchev–Trinajstić information content (AvgIpc) is 2.71. The zero-order valence-corrected chi connectivity index (χ0v) is 17.3. The SMILES string of the molecule is CCOC(=O)/C(N=Nc1ccc(C(=O)NC(C(=O)OC)C(C)CC)cc1)=C(/C)O. The smallest absolute Gasteiger partial charge is 0.362 e. The fourth-order valence-corrected chi connectivity index (χ4v) is 2.27. The van der Waals surface area contributed by atoms with Gasteiger partial charge in [-0.3, -0.25) is 4.79 Å². The van der Waals surface area contributed by atoms with Gasteiger partial charge in [0.05, 0.1) is 19.4 Å². The van der Waals surface area contributed by atoms with E-state index in [1.165, 1.54) is 38.3 Å². The topological polar surface area (TPSA) is 127 Å². The second-order valence-electron chi connectivity index (χ2n) is 6.26. The van der Waals surface area contributed by atoms with Gasteiger partial charge in [0.2, 0.25) is 5.70 Å². The molecule has 1 amide bonds. The third-order valence-corrected chi connectivity index (χ3v) is 4.16. The molecule has 0 aromatic heterocycles. The number of carbonyl (C=O) groups is 3. The molecule has 0 aliphatic rings. The van der Waals surface area contributed by atoms with Crippen molar-refractivity contribution in [3.63, 3.8) is 0 Å². The van der Waals surface area contributed by atoms with Crippen LogP contribution in [-0.2, 0) is 19.1 Å². The van der Waals surface area contributed by atoms with Crippen LogP contribution in [0.25, 0.3) is 0 Å². The number of hydrogen-bond donors (Lipinski definition) is 2. The lowest BCUT2D eigenvalue weighted by Gasteiger charge is -2.21. The quantitative estimate of drug-likeness (QED) is 0.280. The Morgan fingerprint density at radius 3 is 2.28 bits per heavy atom. The highest BCUT2D eigenvalue weighted by molar-refractivity contribution is 5.97. The van der Waals surface area contributed by atoms with Crippen molar-refractivity contribution in [3.05, 3.63) is 41.3 Å². The van der Waals surface area contributed by atoms with Gasteiger partial charge in [-0.1, -0.05) is 20.3 Å². The highest BCUT2D eigenvalue weighted by Gasteiger charge is 2.27. The van der Waals surface area contributed by atoms with Crippen LogP contribution in [0.1, 0.15) is 44.5 Å². The first-order valence-corrected chi connectivity index (χ1v) is 9.22. The molecule has 0 aliphatic heterocycles. The molecule has 29 heavy (non-hydrogen) atoms. The monoisotopic (exact) mass is 405 g/mol. The summed E-state index contributed by atoms with van der Waals surface area (Å²) in [4.78, 5) is 36.1. The minimum Gasteiger partial charge on any atom is -0.510 e. The maximum atomic E-state index is 12.4. The van der Waals surface area contributed by atoms with E-state index in [0.717, 1.165) is 0 Å². The van der Waals surface area contributed by atoms with E-state index >= 15 is 0 Å². The van der Waals surface area contributed by atoms with E-state index in [4.69, 9.17) is 9.47 Å². The summed E-state index contributed by atoms with van der Waals surface area (Å²) in [6, 6.07) is 5.30. The zero-order valence-electron chi connectivity index (χ0n) is 17.3. The Labute approximate surface area is 169 Å². The Morgan fingerprint density at radius 2 is 1.79 bits per heavy atom. The number of esters is 2. The molecule has 1 rings (SSSR count). The largest absolute Gasteiger partial charge is 0.510 e. The number of aliphatic hydroxyl groups excluding tert-OH is 1. The molecule has 2 N–H and O–H groups in total. The van der Waals surface area contributed by atoms with E-state index in [2.05, 4.69) is 15.5 Å². The fourth-order valence-electron chi connectivity index (χ4n) is 2.27. The second-order valence-corrected chi connectivity index (χ2v) is 6.26. The summed E-state index contributed by atoms with van der Waals surface area (Å²) in [5.41, 5.74) is 0.375. The predicted octanol–water partition coefficient (Wildman–Crippen LogP) is 3.44. The first-order chi connectivity index (χ1) is 13.7. The van der Waals surface area contributed by atoms with Gasteiger partial charge in [-0.25, -0.2) is 9.59 Å². The number of amides is 1. The molecular formula is C20H27N3O6. The van der Waals surface area contributed by atoms with Gasteiger partial charge < -0.3 is 19.9 Å². The van der Waals surface area contributed by atoms with Crippen LogP contribution >= 0.6 is 0 Å². The van der Waals surface area contributed by atoms with Crippen LogP contribution in [0.4, 0.5) is 5.69 Å². The third kappa shape index (κ3) is 7.02. The van der Waals surface area contributed by atoms with Gasteiger partial charge in [-0.15, -0.1) is 5.11 Å². The number of nitrogens with zero attached hydrogens (tertiary/aromatic N) is 2. The molecule has 9 nitrogen and oxygen atoms in total. The van der Waals surface area contributed by atoms with Gasteiger partial charge >= 0.3 is 11.9 Å². The Balaban J connectivity index is 2.92. The molecule has 0 saturated heterocycles. The number of aliphatic hydroxyl groups is 1. The summed E-state index contributed by atoms with van der Waals surface area (Å²) in [6.45, 7) is 6.84. The van der Waals surface area contributed by atoms with Gasteiger partial charge in [0.15, 0.2) is 0 Å². The van der Waals surface area contributed by atoms with E-state index in [9.17, 15) is 19.5 Å². The normalized spacial score (nSPS) is 14.0. The van der Waals surface area contributed by atoms with Crippen molar-refractivity contribution >= 4 is 23.5 Å². The van der Waals surface area contributed by atoms with Gasteiger partial charge in [0, 0.05) is 5.56 Å². The number of ether oxygens (including phenoxy) is 2. The van der Waals surface area contributed by atoms with Crippen molar-refractivity contribution in [1.29, 1.82) is 0 Å². The van der Waals surface area contributed by atoms with Crippen LogP contribution < -0.4 is 5.32 Å². The molecule has 1 aromatic rings. The van der Waals surface area contributed by atoms with Crippen LogP contribution in [0, 0.1) is 5.92 Å². The third-order valence-electron chi connectivity index (χ3n) is 4.16. The van der Waals surface area contributed by atoms with Crippen LogP contribution in [0.15, 0.2) is 46.0 Å². The summed E-state index contributed by atoms with van der Waals surface area (Å²) in [6.07, 6.45) is 0.694. The van der Waals surface area contributed by atoms with Crippen molar-refractivity contribution < 1.29 is 29.0 Å². The molecule has 0 spiro atoms. The molecule has 0 aliphatic carbocycles. The molecule has 0 radical (unpaired) electrons. The lowest BCUT2D eigenvalue weighted by atomic mass is 9.99. The minimum atomic E-state index is -0.786. The highest BCUT2D eigenvalue weighted by atomic mass is 16.5. The molecule has 2 unspecified atom stereocenters. The Morgan fingerprint density at radius 1 is 1.17 bits per heavy atom. The van der Waals surface area contributed by atoms with Crippen LogP contribution in [0.3, 0.4) is 0 Å². The van der Waals surface area contributed by atoms with Crippen molar-refractivity contribution in [1.82, 2.24) is 5.32 Å². The predicted molar refractivity (Wildman–Crippen MR) is 106 cm³/mol. The average molecular weight is 405 g/mol. The van der Waals surface area contributed by atoms with Crippen molar-refractivity contribution in [3.8, 4) is 0 Å². The summed E-state index contributed by atoms with van der Waals surface area (Å²) in [7, 11) is 1.27. The lowest BCUT2D eigenvalue weighted by molar-refractivity contribution is -0.144. The molecule has 0 heterocycles. The van der Waals surface area contributed by atoms with Gasteiger partial charge in [-0.2, -0.15) is 5.11 Å². The summed E-state index contributed by atoms with van der Waals surface area (Å²) >= 11 is 0. The molecule has 0 saturated carbocycles. The summed E-state index contributed by atoms with van der Waals surface area (Å²) in [5.74, 6) is -2.12. The number of nitrogens with one attached hydrogen (secondary N) is 1.